The van der Waals surface area contributed by atoms with Gasteiger partial charge >= 0.3 is 0 Å². The van der Waals surface area contributed by atoms with Gasteiger partial charge in [0.05, 0.1) is 28.3 Å². The normalized spacial score (nSPS) is 12.8. The summed E-state index contributed by atoms with van der Waals surface area (Å²) in [7, 11) is 0. The molecule has 1 aliphatic rings. The molecule has 3 amide bonds. The average Bonchev–Trinajstić information content (AvgIpc) is 3.05. The van der Waals surface area contributed by atoms with Crippen molar-refractivity contribution in [2.45, 2.75) is 6.42 Å². The maximum atomic E-state index is 12.7. The lowest BCUT2D eigenvalue weighted by atomic mass is 10.0. The smallest absolute Gasteiger partial charge is 0.266 e. The Labute approximate surface area is 189 Å². The number of anilines is 2. The minimum atomic E-state index is -0.416. The number of carbonyl (C=O) groups is 3. The van der Waals surface area contributed by atoms with Gasteiger partial charge in [-0.1, -0.05) is 66.2 Å². The lowest BCUT2D eigenvalue weighted by Gasteiger charge is -2.16. The molecule has 6 heteroatoms. The van der Waals surface area contributed by atoms with E-state index in [1.165, 1.54) is 0 Å². The molecule has 0 saturated carbocycles. The molecule has 1 heterocycles. The molecule has 0 aromatic heterocycles. The van der Waals surface area contributed by atoms with E-state index in [1.807, 2.05) is 42.5 Å². The number of fused-ring (bicyclic) bond motifs is 2. The minimum absolute atomic E-state index is 0.189. The summed E-state index contributed by atoms with van der Waals surface area (Å²) in [5, 5.41) is 5.15. The summed E-state index contributed by atoms with van der Waals surface area (Å²) in [6, 6.07) is 25.2. The van der Waals surface area contributed by atoms with E-state index in [4.69, 9.17) is 11.6 Å². The maximum absolute atomic E-state index is 12.7. The number of rotatable bonds is 4. The number of hydrogen-bond donors (Lipinski definition) is 1. The molecule has 4 aromatic carbocycles. The number of carbonyl (C=O) groups excluding carboxylic acids is 3. The first-order chi connectivity index (χ1) is 15.5. The Morgan fingerprint density at radius 3 is 2.19 bits per heavy atom. The van der Waals surface area contributed by atoms with E-state index in [2.05, 4.69) is 5.32 Å². The monoisotopic (exact) mass is 440 g/mol. The van der Waals surface area contributed by atoms with Gasteiger partial charge in [-0.15, -0.1) is 0 Å². The van der Waals surface area contributed by atoms with Gasteiger partial charge in [0, 0.05) is 5.69 Å². The summed E-state index contributed by atoms with van der Waals surface area (Å²) in [5.41, 5.74) is 2.39. The van der Waals surface area contributed by atoms with Gasteiger partial charge in [0.1, 0.15) is 0 Å². The summed E-state index contributed by atoms with van der Waals surface area (Å²) in [5.74, 6) is -1.02. The second-order valence-corrected chi connectivity index (χ2v) is 7.93. The van der Waals surface area contributed by atoms with Gasteiger partial charge in [0.15, 0.2) is 0 Å². The predicted octanol–water partition coefficient (Wildman–Crippen LogP) is 5.48. The fourth-order valence-electron chi connectivity index (χ4n) is 4.00. The fraction of sp³-hybridized carbons (Fsp3) is 0.0385. The van der Waals surface area contributed by atoms with Crippen LogP contribution in [0.1, 0.15) is 26.3 Å². The highest BCUT2D eigenvalue weighted by Crippen LogP contribution is 2.35. The van der Waals surface area contributed by atoms with Crippen molar-refractivity contribution in [2.24, 2.45) is 0 Å². The quantitative estimate of drug-likeness (QED) is 0.427. The molecule has 0 spiro atoms. The van der Waals surface area contributed by atoms with Crippen molar-refractivity contribution in [3.8, 4) is 0 Å². The van der Waals surface area contributed by atoms with Crippen molar-refractivity contribution < 1.29 is 14.4 Å². The van der Waals surface area contributed by atoms with Gasteiger partial charge in [0.25, 0.3) is 11.8 Å². The van der Waals surface area contributed by atoms with Crippen LogP contribution in [0.2, 0.25) is 5.02 Å². The van der Waals surface area contributed by atoms with Crippen LogP contribution in [0.5, 0.6) is 0 Å². The number of benzene rings is 4. The van der Waals surface area contributed by atoms with Crippen LogP contribution in [0.25, 0.3) is 10.8 Å². The van der Waals surface area contributed by atoms with Gasteiger partial charge in [0.2, 0.25) is 5.91 Å². The van der Waals surface area contributed by atoms with Crippen molar-refractivity contribution in [3.05, 3.63) is 107 Å². The van der Waals surface area contributed by atoms with Gasteiger partial charge in [-0.3, -0.25) is 14.4 Å². The van der Waals surface area contributed by atoms with E-state index < -0.39 is 11.8 Å². The summed E-state index contributed by atoms with van der Waals surface area (Å²) in [6.07, 6.45) is 0.207. The number of imide groups is 1. The van der Waals surface area contributed by atoms with Crippen LogP contribution in [0.3, 0.4) is 0 Å². The molecule has 5 rings (SSSR count). The Bertz CT molecular complexity index is 1370. The molecule has 4 aromatic rings. The Hall–Kier alpha value is -3.96. The van der Waals surface area contributed by atoms with Crippen LogP contribution in [0, 0.1) is 0 Å². The largest absolute Gasteiger partial charge is 0.326 e. The van der Waals surface area contributed by atoms with Crippen LogP contribution in [0.4, 0.5) is 11.4 Å². The molecule has 1 aliphatic heterocycles. The van der Waals surface area contributed by atoms with E-state index in [0.29, 0.717) is 16.8 Å². The molecule has 0 aliphatic carbocycles. The van der Waals surface area contributed by atoms with E-state index in [9.17, 15) is 14.4 Å². The third-order valence-electron chi connectivity index (χ3n) is 5.50. The van der Waals surface area contributed by atoms with Crippen molar-refractivity contribution in [1.29, 1.82) is 0 Å². The molecule has 0 bridgehead atoms. The first-order valence-corrected chi connectivity index (χ1v) is 10.4. The molecule has 5 nitrogen and oxygen atoms in total. The lowest BCUT2D eigenvalue weighted by molar-refractivity contribution is -0.115. The Morgan fingerprint density at radius 2 is 1.47 bits per heavy atom. The Morgan fingerprint density at radius 1 is 0.812 bits per heavy atom. The summed E-state index contributed by atoms with van der Waals surface area (Å²) in [6.45, 7) is 0. The molecular formula is C26H17ClN2O3. The van der Waals surface area contributed by atoms with Gasteiger partial charge < -0.3 is 5.32 Å². The molecule has 0 atom stereocenters. The predicted molar refractivity (Wildman–Crippen MR) is 125 cm³/mol. The van der Waals surface area contributed by atoms with E-state index in [0.717, 1.165) is 21.2 Å². The van der Waals surface area contributed by atoms with Crippen LogP contribution in [-0.2, 0) is 11.2 Å². The molecule has 0 radical (unpaired) electrons. The van der Waals surface area contributed by atoms with E-state index in [-0.39, 0.29) is 23.0 Å². The zero-order chi connectivity index (χ0) is 22.2. The second-order valence-electron chi connectivity index (χ2n) is 7.52. The maximum Gasteiger partial charge on any atom is 0.266 e. The van der Waals surface area contributed by atoms with Gasteiger partial charge in [-0.05, 0) is 46.7 Å². The molecule has 0 fully saturated rings. The second kappa shape index (κ2) is 7.94. The average molecular weight is 441 g/mol. The molecule has 32 heavy (non-hydrogen) atoms. The highest BCUT2D eigenvalue weighted by Gasteiger charge is 2.37. The Balaban J connectivity index is 1.36. The first kappa shape index (κ1) is 20.0. The summed E-state index contributed by atoms with van der Waals surface area (Å²) < 4.78 is 0. The molecule has 0 saturated heterocycles. The number of nitrogens with one attached hydrogen (secondary N) is 1. The first-order valence-electron chi connectivity index (χ1n) is 10.1. The number of halogens is 1. The van der Waals surface area contributed by atoms with Crippen LogP contribution in [0.15, 0.2) is 84.9 Å². The van der Waals surface area contributed by atoms with E-state index in [1.54, 1.807) is 42.5 Å². The summed E-state index contributed by atoms with van der Waals surface area (Å²) >= 11 is 6.41. The number of hydrogen-bond acceptors (Lipinski definition) is 3. The molecule has 1 N–H and O–H groups in total. The fourth-order valence-corrected chi connectivity index (χ4v) is 4.26. The third-order valence-corrected chi connectivity index (χ3v) is 5.80. The van der Waals surface area contributed by atoms with Gasteiger partial charge in [-0.25, -0.2) is 4.90 Å². The van der Waals surface area contributed by atoms with Crippen molar-refractivity contribution in [2.75, 3.05) is 10.2 Å². The lowest BCUT2D eigenvalue weighted by Crippen LogP contribution is -2.29. The van der Waals surface area contributed by atoms with Gasteiger partial charge in [-0.2, -0.15) is 0 Å². The zero-order valence-electron chi connectivity index (χ0n) is 16.8. The SMILES string of the molecule is O=C(Cc1cccc2ccccc12)Nc1ccc(N2C(=O)c3ccccc3C2=O)c(Cl)c1. The molecule has 156 valence electrons. The van der Waals surface area contributed by atoms with Crippen LogP contribution < -0.4 is 10.2 Å². The topological polar surface area (TPSA) is 66.5 Å². The Kier molecular flexibility index (Phi) is 4.96. The highest BCUT2D eigenvalue weighted by molar-refractivity contribution is 6.40. The third kappa shape index (κ3) is 3.43. The van der Waals surface area contributed by atoms with Crippen molar-refractivity contribution >= 4 is 51.5 Å². The van der Waals surface area contributed by atoms with Crippen LogP contribution >= 0.6 is 11.6 Å². The standard InChI is InChI=1S/C26H17ClN2O3/c27-22-15-18(28-24(30)14-17-8-5-7-16-6-1-2-9-19(16)17)12-13-23(22)29-25(31)20-10-3-4-11-21(20)26(29)32/h1-13,15H,14H2,(H,28,30). The van der Waals surface area contributed by atoms with E-state index >= 15 is 0 Å². The highest BCUT2D eigenvalue weighted by atomic mass is 35.5. The zero-order valence-corrected chi connectivity index (χ0v) is 17.6. The van der Waals surface area contributed by atoms with Crippen molar-refractivity contribution in [1.82, 2.24) is 0 Å². The minimum Gasteiger partial charge on any atom is -0.326 e. The molecular weight excluding hydrogens is 424 g/mol. The molecule has 0 unspecified atom stereocenters. The van der Waals surface area contributed by atoms with Crippen LogP contribution in [-0.4, -0.2) is 17.7 Å². The summed E-state index contributed by atoms with van der Waals surface area (Å²) in [4.78, 5) is 39.1. The number of nitrogens with zero attached hydrogens (tertiary/aromatic N) is 1. The van der Waals surface area contributed by atoms with Crippen molar-refractivity contribution in [3.63, 3.8) is 0 Å². The number of amides is 3.